The Kier molecular flexibility index (Phi) is 6.00. The molecule has 4 atom stereocenters. The molecule has 0 bridgehead atoms. The molecular formula is C23H32N2O3. The van der Waals surface area contributed by atoms with Crippen LogP contribution in [0, 0.1) is 0 Å². The van der Waals surface area contributed by atoms with Gasteiger partial charge in [-0.3, -0.25) is 9.59 Å². The normalized spacial score (nSPS) is 31.0. The van der Waals surface area contributed by atoms with Gasteiger partial charge in [0.05, 0.1) is 12.1 Å². The van der Waals surface area contributed by atoms with Gasteiger partial charge in [0.25, 0.3) is 5.91 Å². The van der Waals surface area contributed by atoms with Crippen molar-refractivity contribution in [3.05, 3.63) is 35.9 Å². The molecule has 2 amide bonds. The first-order valence-electron chi connectivity index (χ1n) is 10.9. The second-order valence-electron chi connectivity index (χ2n) is 8.48. The molecule has 0 aromatic heterocycles. The summed E-state index contributed by atoms with van der Waals surface area (Å²) in [6.45, 7) is 3.83. The molecule has 0 aliphatic carbocycles. The Labute approximate surface area is 168 Å². The highest BCUT2D eigenvalue weighted by molar-refractivity contribution is 5.82. The number of hydrogen-bond donors (Lipinski definition) is 0. The molecule has 1 aromatic rings. The molecule has 3 aliphatic heterocycles. The first-order valence-corrected chi connectivity index (χ1v) is 10.9. The van der Waals surface area contributed by atoms with Gasteiger partial charge in [-0.05, 0) is 37.7 Å². The number of ether oxygens (including phenoxy) is 1. The molecule has 152 valence electrons. The minimum Gasteiger partial charge on any atom is -0.368 e. The van der Waals surface area contributed by atoms with Crippen LogP contribution in [0.15, 0.2) is 30.3 Å². The largest absolute Gasteiger partial charge is 0.368 e. The summed E-state index contributed by atoms with van der Waals surface area (Å²) in [5.41, 5.74) is 1.23. The van der Waals surface area contributed by atoms with Crippen molar-refractivity contribution in [1.29, 1.82) is 0 Å². The van der Waals surface area contributed by atoms with E-state index in [2.05, 4.69) is 34.1 Å². The van der Waals surface area contributed by atoms with Crippen molar-refractivity contribution in [3.8, 4) is 0 Å². The van der Waals surface area contributed by atoms with Gasteiger partial charge in [0, 0.05) is 32.5 Å². The van der Waals surface area contributed by atoms with Crippen LogP contribution in [0.4, 0.5) is 0 Å². The summed E-state index contributed by atoms with van der Waals surface area (Å²) in [4.78, 5) is 30.1. The van der Waals surface area contributed by atoms with E-state index in [0.29, 0.717) is 13.2 Å². The summed E-state index contributed by atoms with van der Waals surface area (Å²) >= 11 is 0. The lowest BCUT2D eigenvalue weighted by Gasteiger charge is -2.39. The van der Waals surface area contributed by atoms with E-state index >= 15 is 0 Å². The van der Waals surface area contributed by atoms with E-state index in [1.807, 2.05) is 6.07 Å². The van der Waals surface area contributed by atoms with Gasteiger partial charge in [0.15, 0.2) is 0 Å². The van der Waals surface area contributed by atoms with Gasteiger partial charge in [-0.2, -0.15) is 0 Å². The zero-order valence-electron chi connectivity index (χ0n) is 16.9. The van der Waals surface area contributed by atoms with E-state index in [1.54, 1.807) is 6.92 Å². The molecule has 3 aliphatic rings. The molecule has 5 heteroatoms. The summed E-state index contributed by atoms with van der Waals surface area (Å²) in [5, 5.41) is 0. The van der Waals surface area contributed by atoms with E-state index in [0.717, 1.165) is 51.5 Å². The second-order valence-corrected chi connectivity index (χ2v) is 8.48. The average Bonchev–Trinajstić information content (AvgIpc) is 3.06. The fourth-order valence-corrected chi connectivity index (χ4v) is 5.36. The van der Waals surface area contributed by atoms with Crippen LogP contribution in [0.2, 0.25) is 0 Å². The number of carbonyl (C=O) groups is 2. The third-order valence-electron chi connectivity index (χ3n) is 6.73. The van der Waals surface area contributed by atoms with Gasteiger partial charge in [0.1, 0.15) is 6.10 Å². The molecule has 0 unspecified atom stereocenters. The maximum Gasteiger partial charge on any atom is 0.252 e. The molecule has 0 N–H and O–H groups in total. The summed E-state index contributed by atoms with van der Waals surface area (Å²) < 4.78 is 5.83. The summed E-state index contributed by atoms with van der Waals surface area (Å²) in [6.07, 6.45) is 6.86. The lowest BCUT2D eigenvalue weighted by atomic mass is 9.87. The first kappa shape index (κ1) is 19.4. The Hall–Kier alpha value is -1.88. The van der Waals surface area contributed by atoms with E-state index in [4.69, 9.17) is 4.74 Å². The van der Waals surface area contributed by atoms with Gasteiger partial charge < -0.3 is 14.5 Å². The Morgan fingerprint density at radius 1 is 0.964 bits per heavy atom. The predicted octanol–water partition coefficient (Wildman–Crippen LogP) is 3.34. The molecular weight excluding hydrogens is 352 g/mol. The Balaban J connectivity index is 1.68. The van der Waals surface area contributed by atoms with Gasteiger partial charge in [-0.1, -0.05) is 43.2 Å². The number of nitrogens with zero attached hydrogens (tertiary/aromatic N) is 2. The van der Waals surface area contributed by atoms with Crippen molar-refractivity contribution in [2.45, 2.75) is 76.0 Å². The smallest absolute Gasteiger partial charge is 0.252 e. The molecule has 0 spiro atoms. The first-order chi connectivity index (χ1) is 13.7. The quantitative estimate of drug-likeness (QED) is 0.786. The highest BCUT2D eigenvalue weighted by Crippen LogP contribution is 2.40. The zero-order chi connectivity index (χ0) is 19.5. The SMILES string of the molecule is CC(=O)N1CCCCC[C@@H]2[C@@H]1[C@H](c1ccccc1)CN2C(=O)[C@@H]1CCCCO1. The molecule has 3 heterocycles. The fraction of sp³-hybridized carbons (Fsp3) is 0.652. The van der Waals surface area contributed by atoms with E-state index in [9.17, 15) is 9.59 Å². The number of rotatable bonds is 2. The van der Waals surface area contributed by atoms with Crippen LogP contribution < -0.4 is 0 Å². The number of hydrogen-bond acceptors (Lipinski definition) is 3. The summed E-state index contributed by atoms with van der Waals surface area (Å²) in [5.74, 6) is 0.430. The topological polar surface area (TPSA) is 49.9 Å². The molecule has 4 rings (SSSR count). The fourth-order valence-electron chi connectivity index (χ4n) is 5.36. The highest BCUT2D eigenvalue weighted by Gasteiger charge is 2.49. The molecule has 1 aromatic carbocycles. The summed E-state index contributed by atoms with van der Waals surface area (Å²) in [7, 11) is 0. The van der Waals surface area contributed by atoms with Crippen molar-refractivity contribution in [3.63, 3.8) is 0 Å². The van der Waals surface area contributed by atoms with E-state index in [1.165, 1.54) is 5.56 Å². The Morgan fingerprint density at radius 3 is 2.46 bits per heavy atom. The van der Waals surface area contributed by atoms with Crippen LogP contribution in [0.1, 0.15) is 63.4 Å². The zero-order valence-corrected chi connectivity index (χ0v) is 16.9. The van der Waals surface area contributed by atoms with Crippen molar-refractivity contribution in [2.24, 2.45) is 0 Å². The maximum atomic E-state index is 13.4. The highest BCUT2D eigenvalue weighted by atomic mass is 16.5. The Bertz CT molecular complexity index is 686. The molecule has 28 heavy (non-hydrogen) atoms. The molecule has 0 saturated carbocycles. The minimum atomic E-state index is -0.305. The maximum absolute atomic E-state index is 13.4. The standard InChI is InChI=1S/C23H32N2O3/c1-17(26)24-14-8-3-6-12-20-22(24)19(18-10-4-2-5-11-18)16-25(20)23(27)21-13-7-9-15-28-21/h2,4-5,10-11,19-22H,3,6-9,12-16H2,1H3/t19-,20+,21-,22-/m0/s1. The monoisotopic (exact) mass is 384 g/mol. The molecule has 5 nitrogen and oxygen atoms in total. The number of carbonyl (C=O) groups excluding carboxylic acids is 2. The lowest BCUT2D eigenvalue weighted by Crippen LogP contribution is -2.52. The number of likely N-dealkylation sites (tertiary alicyclic amines) is 2. The van der Waals surface area contributed by atoms with E-state index < -0.39 is 0 Å². The lowest BCUT2D eigenvalue weighted by molar-refractivity contribution is -0.149. The molecule has 0 radical (unpaired) electrons. The van der Waals surface area contributed by atoms with Crippen LogP contribution in [0.5, 0.6) is 0 Å². The molecule has 3 fully saturated rings. The van der Waals surface area contributed by atoms with Gasteiger partial charge in [-0.25, -0.2) is 0 Å². The molecule has 3 saturated heterocycles. The Morgan fingerprint density at radius 2 is 1.75 bits per heavy atom. The second kappa shape index (κ2) is 8.64. The van der Waals surface area contributed by atoms with Crippen molar-refractivity contribution in [2.75, 3.05) is 19.7 Å². The van der Waals surface area contributed by atoms with Crippen LogP contribution in [0.25, 0.3) is 0 Å². The van der Waals surface area contributed by atoms with Crippen LogP contribution in [-0.4, -0.2) is 59.5 Å². The van der Waals surface area contributed by atoms with Crippen molar-refractivity contribution in [1.82, 2.24) is 9.80 Å². The van der Waals surface area contributed by atoms with Crippen LogP contribution in [-0.2, 0) is 14.3 Å². The van der Waals surface area contributed by atoms with E-state index in [-0.39, 0.29) is 35.9 Å². The number of amides is 2. The third-order valence-corrected chi connectivity index (χ3v) is 6.73. The number of benzene rings is 1. The van der Waals surface area contributed by atoms with Crippen LogP contribution >= 0.6 is 0 Å². The minimum absolute atomic E-state index is 0.0627. The number of fused-ring (bicyclic) bond motifs is 1. The van der Waals surface area contributed by atoms with Crippen molar-refractivity contribution < 1.29 is 14.3 Å². The van der Waals surface area contributed by atoms with Gasteiger partial charge in [-0.15, -0.1) is 0 Å². The third kappa shape index (κ3) is 3.82. The predicted molar refractivity (Wildman–Crippen MR) is 108 cm³/mol. The van der Waals surface area contributed by atoms with Crippen molar-refractivity contribution >= 4 is 11.8 Å². The average molecular weight is 385 g/mol. The van der Waals surface area contributed by atoms with Gasteiger partial charge in [0.2, 0.25) is 5.91 Å². The summed E-state index contributed by atoms with van der Waals surface area (Å²) in [6, 6.07) is 10.6. The van der Waals surface area contributed by atoms with Gasteiger partial charge >= 0.3 is 0 Å². The van der Waals surface area contributed by atoms with Crippen LogP contribution in [0.3, 0.4) is 0 Å².